The van der Waals surface area contributed by atoms with E-state index in [0.717, 1.165) is 12.6 Å². The van der Waals surface area contributed by atoms with Gasteiger partial charge in [0.25, 0.3) is 0 Å². The van der Waals surface area contributed by atoms with E-state index in [1.54, 1.807) is 0 Å². The van der Waals surface area contributed by atoms with Crippen LogP contribution >= 0.6 is 0 Å². The monoisotopic (exact) mass is 269 g/mol. The normalized spacial score (nSPS) is 13.7. The molecule has 0 spiro atoms. The van der Waals surface area contributed by atoms with Crippen LogP contribution in [-0.4, -0.2) is 12.6 Å². The molecule has 0 aromatic carbocycles. The van der Waals surface area contributed by atoms with E-state index in [0.29, 0.717) is 5.41 Å². The van der Waals surface area contributed by atoms with Crippen LogP contribution in [0.3, 0.4) is 0 Å². The first kappa shape index (κ1) is 19.0. The van der Waals surface area contributed by atoms with Crippen molar-refractivity contribution < 1.29 is 0 Å². The van der Waals surface area contributed by atoms with Crippen LogP contribution in [0.2, 0.25) is 0 Å². The van der Waals surface area contributed by atoms with E-state index >= 15 is 0 Å². The molecule has 0 heterocycles. The molecule has 0 amide bonds. The average molecular weight is 270 g/mol. The van der Waals surface area contributed by atoms with Crippen LogP contribution in [0.5, 0.6) is 0 Å². The van der Waals surface area contributed by atoms with Gasteiger partial charge in [0.2, 0.25) is 0 Å². The molecule has 0 aromatic heterocycles. The molecule has 0 aliphatic rings. The molecule has 1 N–H and O–H groups in total. The van der Waals surface area contributed by atoms with Gasteiger partial charge in [0, 0.05) is 6.04 Å². The maximum atomic E-state index is 3.67. The number of hydrogen-bond donors (Lipinski definition) is 1. The first-order chi connectivity index (χ1) is 8.99. The largest absolute Gasteiger partial charge is 0.314 e. The first-order valence-electron chi connectivity index (χ1n) is 8.73. The van der Waals surface area contributed by atoms with Crippen molar-refractivity contribution >= 4 is 0 Å². The highest BCUT2D eigenvalue weighted by Gasteiger charge is 2.14. The molecule has 116 valence electrons. The third-order valence-electron chi connectivity index (χ3n) is 3.89. The lowest BCUT2D eigenvalue weighted by molar-refractivity contribution is 0.320. The van der Waals surface area contributed by atoms with Gasteiger partial charge in [0.1, 0.15) is 0 Å². The highest BCUT2D eigenvalue weighted by Crippen LogP contribution is 2.23. The Morgan fingerprint density at radius 2 is 1.37 bits per heavy atom. The fourth-order valence-corrected chi connectivity index (χ4v) is 2.59. The minimum absolute atomic E-state index is 0.480. The molecule has 19 heavy (non-hydrogen) atoms. The summed E-state index contributed by atoms with van der Waals surface area (Å²) in [6.07, 6.45) is 14.0. The van der Waals surface area contributed by atoms with Gasteiger partial charge in [-0.25, -0.2) is 0 Å². The van der Waals surface area contributed by atoms with Crippen molar-refractivity contribution in [3.05, 3.63) is 0 Å². The summed E-state index contributed by atoms with van der Waals surface area (Å²) in [5.41, 5.74) is 0.480. The Balaban J connectivity index is 3.59. The summed E-state index contributed by atoms with van der Waals surface area (Å²) < 4.78 is 0. The standard InChI is InChI=1S/C18H39N/c1-6-8-9-10-11-12-13-14-17(19-7-2)15-16-18(3,4)5/h17,19H,6-16H2,1-5H3. The van der Waals surface area contributed by atoms with E-state index in [1.807, 2.05) is 0 Å². The van der Waals surface area contributed by atoms with Crippen molar-refractivity contribution in [3.8, 4) is 0 Å². The molecule has 0 saturated carbocycles. The number of hydrogen-bond acceptors (Lipinski definition) is 1. The third kappa shape index (κ3) is 14.2. The van der Waals surface area contributed by atoms with Gasteiger partial charge in [-0.2, -0.15) is 0 Å². The summed E-state index contributed by atoms with van der Waals surface area (Å²) in [7, 11) is 0. The van der Waals surface area contributed by atoms with Crippen molar-refractivity contribution in [2.24, 2.45) is 5.41 Å². The molecule has 1 nitrogen and oxygen atoms in total. The van der Waals surface area contributed by atoms with E-state index < -0.39 is 0 Å². The minimum Gasteiger partial charge on any atom is -0.314 e. The second kappa shape index (κ2) is 11.8. The predicted octanol–water partition coefficient (Wildman–Crippen LogP) is 5.93. The molecule has 1 unspecified atom stereocenters. The maximum absolute atomic E-state index is 3.67. The van der Waals surface area contributed by atoms with Crippen molar-refractivity contribution in [3.63, 3.8) is 0 Å². The van der Waals surface area contributed by atoms with E-state index in [-0.39, 0.29) is 0 Å². The smallest absolute Gasteiger partial charge is 0.00671 e. The maximum Gasteiger partial charge on any atom is 0.00671 e. The topological polar surface area (TPSA) is 12.0 Å². The van der Waals surface area contributed by atoms with Gasteiger partial charge >= 0.3 is 0 Å². The molecule has 0 bridgehead atoms. The van der Waals surface area contributed by atoms with Crippen LogP contribution in [0.25, 0.3) is 0 Å². The highest BCUT2D eigenvalue weighted by molar-refractivity contribution is 4.71. The van der Waals surface area contributed by atoms with E-state index in [9.17, 15) is 0 Å². The van der Waals surface area contributed by atoms with Gasteiger partial charge in [-0.05, 0) is 31.2 Å². The molecule has 0 fully saturated rings. The van der Waals surface area contributed by atoms with Crippen LogP contribution in [0.1, 0.15) is 98.8 Å². The molecule has 0 aliphatic carbocycles. The Morgan fingerprint density at radius 1 is 0.789 bits per heavy atom. The van der Waals surface area contributed by atoms with Crippen LogP contribution < -0.4 is 5.32 Å². The number of unbranched alkanes of at least 4 members (excludes halogenated alkanes) is 6. The van der Waals surface area contributed by atoms with E-state index in [2.05, 4.69) is 39.9 Å². The van der Waals surface area contributed by atoms with Gasteiger partial charge in [0.15, 0.2) is 0 Å². The lowest BCUT2D eigenvalue weighted by Crippen LogP contribution is -2.30. The van der Waals surface area contributed by atoms with Gasteiger partial charge in [0.05, 0.1) is 0 Å². The molecule has 0 aromatic rings. The minimum atomic E-state index is 0.480. The van der Waals surface area contributed by atoms with Crippen LogP contribution in [0.4, 0.5) is 0 Å². The highest BCUT2D eigenvalue weighted by atomic mass is 14.9. The zero-order chi connectivity index (χ0) is 14.6. The van der Waals surface area contributed by atoms with E-state index in [4.69, 9.17) is 0 Å². The molecule has 0 saturated heterocycles. The van der Waals surface area contributed by atoms with Gasteiger partial charge < -0.3 is 5.32 Å². The molecular formula is C18H39N. The number of nitrogens with one attached hydrogen (secondary N) is 1. The third-order valence-corrected chi connectivity index (χ3v) is 3.89. The zero-order valence-corrected chi connectivity index (χ0v) is 14.4. The van der Waals surface area contributed by atoms with Crippen LogP contribution in [0.15, 0.2) is 0 Å². The SMILES string of the molecule is CCCCCCCCCC(CCC(C)(C)C)NCC. The average Bonchev–Trinajstić information content (AvgIpc) is 2.33. The number of rotatable bonds is 12. The van der Waals surface area contributed by atoms with Crippen molar-refractivity contribution in [2.45, 2.75) is 105 Å². The van der Waals surface area contributed by atoms with Crippen molar-refractivity contribution in [1.29, 1.82) is 0 Å². The Hall–Kier alpha value is -0.0400. The summed E-state index contributed by atoms with van der Waals surface area (Å²) in [4.78, 5) is 0. The summed E-state index contributed by atoms with van der Waals surface area (Å²) in [6.45, 7) is 12.7. The molecule has 0 radical (unpaired) electrons. The lowest BCUT2D eigenvalue weighted by Gasteiger charge is -2.23. The Kier molecular flexibility index (Phi) is 11.7. The second-order valence-corrected chi connectivity index (χ2v) is 7.26. The lowest BCUT2D eigenvalue weighted by atomic mass is 9.87. The second-order valence-electron chi connectivity index (χ2n) is 7.26. The quantitative estimate of drug-likeness (QED) is 0.433. The van der Waals surface area contributed by atoms with Gasteiger partial charge in [-0.3, -0.25) is 0 Å². The fraction of sp³-hybridized carbons (Fsp3) is 1.00. The zero-order valence-electron chi connectivity index (χ0n) is 14.4. The van der Waals surface area contributed by atoms with Crippen LogP contribution in [0, 0.1) is 5.41 Å². The Bertz CT molecular complexity index is 181. The van der Waals surface area contributed by atoms with Crippen molar-refractivity contribution in [1.82, 2.24) is 5.32 Å². The fourth-order valence-electron chi connectivity index (χ4n) is 2.59. The molecular weight excluding hydrogens is 230 g/mol. The molecule has 1 atom stereocenters. The molecule has 0 aliphatic heterocycles. The first-order valence-corrected chi connectivity index (χ1v) is 8.73. The van der Waals surface area contributed by atoms with Gasteiger partial charge in [-0.1, -0.05) is 79.6 Å². The summed E-state index contributed by atoms with van der Waals surface area (Å²) in [6, 6.07) is 0.750. The van der Waals surface area contributed by atoms with Crippen molar-refractivity contribution in [2.75, 3.05) is 6.54 Å². The predicted molar refractivity (Wildman–Crippen MR) is 88.8 cm³/mol. The molecule has 0 rings (SSSR count). The Labute approximate surface area is 122 Å². The van der Waals surface area contributed by atoms with E-state index in [1.165, 1.54) is 64.2 Å². The van der Waals surface area contributed by atoms with Gasteiger partial charge in [-0.15, -0.1) is 0 Å². The van der Waals surface area contributed by atoms with Crippen LogP contribution in [-0.2, 0) is 0 Å². The Morgan fingerprint density at radius 3 is 1.89 bits per heavy atom. The summed E-state index contributed by atoms with van der Waals surface area (Å²) >= 11 is 0. The summed E-state index contributed by atoms with van der Waals surface area (Å²) in [5.74, 6) is 0. The summed E-state index contributed by atoms with van der Waals surface area (Å²) in [5, 5.41) is 3.67. The molecule has 1 heteroatoms.